The quantitative estimate of drug-likeness (QED) is 0.868. The minimum atomic E-state index is 0.306. The lowest BCUT2D eigenvalue weighted by Gasteiger charge is -2.44. The number of fused-ring (bicyclic) bond motifs is 2. The molecule has 2 nitrogen and oxygen atoms in total. The van der Waals surface area contributed by atoms with Crippen molar-refractivity contribution >= 4 is 0 Å². The van der Waals surface area contributed by atoms with Crippen LogP contribution in [-0.2, 0) is 0 Å². The summed E-state index contributed by atoms with van der Waals surface area (Å²) in [7, 11) is 0. The van der Waals surface area contributed by atoms with Gasteiger partial charge in [0.15, 0.2) is 0 Å². The minimum Gasteiger partial charge on any atom is -0.468 e. The number of hydrogen-bond acceptors (Lipinski definition) is 2. The Morgan fingerprint density at radius 1 is 1.39 bits per heavy atom. The predicted molar refractivity (Wildman–Crippen MR) is 73.3 cm³/mol. The van der Waals surface area contributed by atoms with Crippen LogP contribution in [-0.4, -0.2) is 6.04 Å². The molecule has 0 spiro atoms. The van der Waals surface area contributed by atoms with E-state index in [0.717, 1.165) is 11.7 Å². The average Bonchev–Trinajstić information content (AvgIpc) is 2.96. The largest absolute Gasteiger partial charge is 0.468 e. The first-order chi connectivity index (χ1) is 8.43. The van der Waals surface area contributed by atoms with Crippen LogP contribution in [0.5, 0.6) is 0 Å². The maximum atomic E-state index is 5.52. The lowest BCUT2D eigenvalue weighted by atomic mass is 9.68. The monoisotopic (exact) mass is 247 g/mol. The van der Waals surface area contributed by atoms with Crippen molar-refractivity contribution in [3.8, 4) is 0 Å². The maximum Gasteiger partial charge on any atom is 0.120 e. The summed E-state index contributed by atoms with van der Waals surface area (Å²) in [5.74, 6) is 1.95. The molecule has 1 aromatic rings. The Kier molecular flexibility index (Phi) is 2.64. The zero-order valence-electron chi connectivity index (χ0n) is 12.0. The second kappa shape index (κ2) is 3.86. The van der Waals surface area contributed by atoms with E-state index < -0.39 is 0 Å². The van der Waals surface area contributed by atoms with E-state index in [4.69, 9.17) is 4.42 Å². The fraction of sp³-hybridized carbons (Fsp3) is 0.750. The summed E-state index contributed by atoms with van der Waals surface area (Å²) < 4.78 is 5.52. The molecule has 0 amide bonds. The van der Waals surface area contributed by atoms with Crippen molar-refractivity contribution in [3.63, 3.8) is 0 Å². The number of hydrogen-bond donors (Lipinski definition) is 1. The van der Waals surface area contributed by atoms with Crippen molar-refractivity contribution in [3.05, 3.63) is 24.2 Å². The van der Waals surface area contributed by atoms with Crippen molar-refractivity contribution in [2.24, 2.45) is 16.7 Å². The van der Waals surface area contributed by atoms with E-state index in [1.54, 1.807) is 6.26 Å². The maximum absolute atomic E-state index is 5.52. The molecule has 2 heteroatoms. The molecule has 100 valence electrons. The van der Waals surface area contributed by atoms with Crippen LogP contribution in [0.1, 0.15) is 58.8 Å². The minimum absolute atomic E-state index is 0.306. The van der Waals surface area contributed by atoms with E-state index in [2.05, 4.69) is 39.1 Å². The summed E-state index contributed by atoms with van der Waals surface area (Å²) in [5, 5.41) is 3.85. The molecular formula is C16H25NO. The molecule has 1 heterocycles. The van der Waals surface area contributed by atoms with Crippen molar-refractivity contribution in [2.75, 3.05) is 0 Å². The molecule has 2 fully saturated rings. The van der Waals surface area contributed by atoms with Gasteiger partial charge in [0, 0.05) is 6.04 Å². The highest BCUT2D eigenvalue weighted by Gasteiger charge is 2.59. The van der Waals surface area contributed by atoms with E-state index in [1.807, 2.05) is 6.07 Å². The van der Waals surface area contributed by atoms with E-state index >= 15 is 0 Å². The highest BCUT2D eigenvalue weighted by molar-refractivity contribution is 5.14. The van der Waals surface area contributed by atoms with Gasteiger partial charge in [-0.15, -0.1) is 0 Å². The van der Waals surface area contributed by atoms with Crippen LogP contribution in [0, 0.1) is 16.7 Å². The third-order valence-electron chi connectivity index (χ3n) is 5.66. The Morgan fingerprint density at radius 2 is 2.17 bits per heavy atom. The van der Waals surface area contributed by atoms with Crippen LogP contribution in [0.2, 0.25) is 0 Å². The normalized spacial score (nSPS) is 39.1. The van der Waals surface area contributed by atoms with Gasteiger partial charge < -0.3 is 9.73 Å². The second-order valence-electron chi connectivity index (χ2n) is 7.25. The highest BCUT2D eigenvalue weighted by atomic mass is 16.3. The molecule has 2 aliphatic carbocycles. The molecular weight excluding hydrogens is 222 g/mol. The second-order valence-corrected chi connectivity index (χ2v) is 7.25. The molecule has 3 unspecified atom stereocenters. The van der Waals surface area contributed by atoms with Gasteiger partial charge in [-0.25, -0.2) is 0 Å². The Hall–Kier alpha value is -0.760. The molecule has 2 aliphatic rings. The summed E-state index contributed by atoms with van der Waals surface area (Å²) in [5.41, 5.74) is 0.892. The molecule has 0 saturated heterocycles. The zero-order chi connectivity index (χ0) is 13.0. The summed E-state index contributed by atoms with van der Waals surface area (Å²) >= 11 is 0. The van der Waals surface area contributed by atoms with Gasteiger partial charge in [0.1, 0.15) is 5.76 Å². The summed E-state index contributed by atoms with van der Waals surface area (Å²) in [6.45, 7) is 9.56. The van der Waals surface area contributed by atoms with E-state index in [9.17, 15) is 0 Å². The molecule has 1 aromatic heterocycles. The topological polar surface area (TPSA) is 25.2 Å². The first-order valence-electron chi connectivity index (χ1n) is 7.23. The number of furan rings is 1. The lowest BCUT2D eigenvalue weighted by Crippen LogP contribution is -2.50. The Morgan fingerprint density at radius 3 is 2.72 bits per heavy atom. The fourth-order valence-corrected chi connectivity index (χ4v) is 4.59. The van der Waals surface area contributed by atoms with E-state index in [-0.39, 0.29) is 0 Å². The van der Waals surface area contributed by atoms with Crippen molar-refractivity contribution < 1.29 is 4.42 Å². The van der Waals surface area contributed by atoms with Crippen LogP contribution in [0.25, 0.3) is 0 Å². The Bertz CT molecular complexity index is 418. The third-order valence-corrected chi connectivity index (χ3v) is 5.66. The molecule has 4 atom stereocenters. The molecule has 0 radical (unpaired) electrons. The lowest BCUT2D eigenvalue weighted by molar-refractivity contribution is 0.0975. The van der Waals surface area contributed by atoms with Gasteiger partial charge in [0.25, 0.3) is 0 Å². The average molecular weight is 247 g/mol. The third kappa shape index (κ3) is 1.65. The van der Waals surface area contributed by atoms with Gasteiger partial charge in [0.05, 0.1) is 12.3 Å². The van der Waals surface area contributed by atoms with Gasteiger partial charge >= 0.3 is 0 Å². The van der Waals surface area contributed by atoms with E-state index in [1.165, 1.54) is 19.3 Å². The van der Waals surface area contributed by atoms with Crippen LogP contribution < -0.4 is 5.32 Å². The number of nitrogens with one attached hydrogen (secondary N) is 1. The summed E-state index contributed by atoms with van der Waals surface area (Å²) in [4.78, 5) is 0. The Balaban J connectivity index is 1.80. The first kappa shape index (κ1) is 12.3. The Labute approximate surface area is 110 Å². The highest BCUT2D eigenvalue weighted by Crippen LogP contribution is 2.62. The molecule has 3 rings (SSSR count). The summed E-state index contributed by atoms with van der Waals surface area (Å²) in [6.07, 6.45) is 5.95. The standard InChI is InChI=1S/C16H25NO/c1-11(13-6-5-9-18-13)17-14-15(2,3)12-7-8-16(14,4)10-12/h5-6,9,11-12,14,17H,7-8,10H2,1-4H3/t11-,12?,14?,16?/m1/s1. The van der Waals surface area contributed by atoms with E-state index in [0.29, 0.717) is 22.9 Å². The zero-order valence-corrected chi connectivity index (χ0v) is 12.0. The van der Waals surface area contributed by atoms with Crippen LogP contribution in [0.4, 0.5) is 0 Å². The molecule has 2 saturated carbocycles. The van der Waals surface area contributed by atoms with Crippen molar-refractivity contribution in [1.82, 2.24) is 5.32 Å². The molecule has 1 N–H and O–H groups in total. The van der Waals surface area contributed by atoms with Gasteiger partial charge in [-0.3, -0.25) is 0 Å². The molecule has 0 aliphatic heterocycles. The molecule has 2 bridgehead atoms. The van der Waals surface area contributed by atoms with Crippen molar-refractivity contribution in [1.29, 1.82) is 0 Å². The predicted octanol–water partition coefficient (Wildman–Crippen LogP) is 4.15. The first-order valence-corrected chi connectivity index (χ1v) is 7.23. The smallest absolute Gasteiger partial charge is 0.120 e. The fourth-order valence-electron chi connectivity index (χ4n) is 4.59. The van der Waals surface area contributed by atoms with Gasteiger partial charge in [0.2, 0.25) is 0 Å². The molecule has 0 aromatic carbocycles. The van der Waals surface area contributed by atoms with Gasteiger partial charge in [-0.1, -0.05) is 20.8 Å². The summed E-state index contributed by atoms with van der Waals surface area (Å²) in [6, 6.07) is 4.95. The van der Waals surface area contributed by atoms with Crippen LogP contribution in [0.3, 0.4) is 0 Å². The molecule has 18 heavy (non-hydrogen) atoms. The van der Waals surface area contributed by atoms with Crippen LogP contribution >= 0.6 is 0 Å². The van der Waals surface area contributed by atoms with Crippen LogP contribution in [0.15, 0.2) is 22.8 Å². The van der Waals surface area contributed by atoms with Gasteiger partial charge in [-0.2, -0.15) is 0 Å². The van der Waals surface area contributed by atoms with Gasteiger partial charge in [-0.05, 0) is 55.1 Å². The van der Waals surface area contributed by atoms with Crippen molar-refractivity contribution in [2.45, 2.75) is 59.0 Å². The SMILES string of the molecule is C[C@@H](NC1C2(C)CCC(C2)C1(C)C)c1ccco1. The number of rotatable bonds is 3.